The summed E-state index contributed by atoms with van der Waals surface area (Å²) in [5, 5.41) is 5.68. The second-order valence-electron chi connectivity index (χ2n) is 9.25. The van der Waals surface area contributed by atoms with Crippen molar-refractivity contribution in [2.75, 3.05) is 12.4 Å². The average molecular weight is 477 g/mol. The molecule has 1 N–H and O–H groups in total. The minimum atomic E-state index is 1.11. The van der Waals surface area contributed by atoms with Crippen molar-refractivity contribution in [2.24, 2.45) is 0 Å². The molecule has 0 bridgehead atoms. The zero-order valence-electron chi connectivity index (χ0n) is 20.9. The van der Waals surface area contributed by atoms with E-state index in [9.17, 15) is 0 Å². The highest BCUT2D eigenvalue weighted by Crippen LogP contribution is 2.37. The van der Waals surface area contributed by atoms with Gasteiger partial charge in [0, 0.05) is 29.2 Å². The fourth-order valence-corrected chi connectivity index (χ4v) is 5.06. The number of fused-ring (bicyclic) bond motifs is 3. The van der Waals surface area contributed by atoms with E-state index in [1.165, 1.54) is 44.1 Å². The van der Waals surface area contributed by atoms with Crippen LogP contribution in [0.3, 0.4) is 0 Å². The van der Waals surface area contributed by atoms with Gasteiger partial charge in [0.25, 0.3) is 0 Å². The molecular weight excluding hydrogens is 448 g/mol. The molecule has 0 atom stereocenters. The lowest BCUT2D eigenvalue weighted by Crippen LogP contribution is -1.93. The summed E-state index contributed by atoms with van der Waals surface area (Å²) in [5.74, 6) is 0. The van der Waals surface area contributed by atoms with Crippen molar-refractivity contribution in [1.29, 1.82) is 0 Å². The summed E-state index contributed by atoms with van der Waals surface area (Å²) in [5.41, 5.74) is 11.7. The number of nitrogens with zero attached hydrogens (tertiary/aromatic N) is 1. The van der Waals surface area contributed by atoms with Gasteiger partial charge in [0.2, 0.25) is 0 Å². The number of aromatic nitrogens is 1. The zero-order valence-corrected chi connectivity index (χ0v) is 20.9. The minimum absolute atomic E-state index is 1.11. The summed E-state index contributed by atoms with van der Waals surface area (Å²) in [7, 11) is 1.94. The second-order valence-corrected chi connectivity index (χ2v) is 9.25. The molecule has 1 aromatic heterocycles. The molecule has 0 saturated carbocycles. The Kier molecular flexibility index (Phi) is 5.71. The Morgan fingerprint density at radius 3 is 1.43 bits per heavy atom. The van der Waals surface area contributed by atoms with Gasteiger partial charge in [-0.1, -0.05) is 86.0 Å². The van der Waals surface area contributed by atoms with Gasteiger partial charge in [-0.15, -0.1) is 0 Å². The Morgan fingerprint density at radius 2 is 0.973 bits per heavy atom. The number of rotatable bonds is 6. The molecule has 0 unspecified atom stereocenters. The Bertz CT molecular complexity index is 1750. The third-order valence-electron chi connectivity index (χ3n) is 7.14. The summed E-state index contributed by atoms with van der Waals surface area (Å²) >= 11 is 0. The molecule has 0 aliphatic carbocycles. The van der Waals surface area contributed by atoms with Crippen LogP contribution in [0.4, 0.5) is 5.69 Å². The molecule has 0 saturated heterocycles. The van der Waals surface area contributed by atoms with Gasteiger partial charge in [-0.25, -0.2) is 0 Å². The predicted molar refractivity (Wildman–Crippen MR) is 161 cm³/mol. The van der Waals surface area contributed by atoms with Gasteiger partial charge in [-0.2, -0.15) is 0 Å². The minimum Gasteiger partial charge on any atom is -0.388 e. The van der Waals surface area contributed by atoms with Crippen LogP contribution in [-0.4, -0.2) is 11.6 Å². The molecule has 0 radical (unpaired) electrons. The van der Waals surface area contributed by atoms with Crippen LogP contribution >= 0.6 is 0 Å². The molecule has 0 amide bonds. The Hall–Kier alpha value is -4.82. The first-order valence-electron chi connectivity index (χ1n) is 12.5. The van der Waals surface area contributed by atoms with Crippen LogP contribution < -0.4 is 5.32 Å². The van der Waals surface area contributed by atoms with Gasteiger partial charge in [0.05, 0.1) is 11.0 Å². The lowest BCUT2D eigenvalue weighted by atomic mass is 9.99. The largest absolute Gasteiger partial charge is 0.388 e. The smallest absolute Gasteiger partial charge is 0.0541 e. The van der Waals surface area contributed by atoms with Crippen molar-refractivity contribution in [3.8, 4) is 27.9 Å². The SMILES string of the molecule is C=Cc1ccc(-c2ccc3c(c2)c2cc(-c4ccc(NC)cc4)ccc2n3-c2ccc(C=C)cc2)cc1. The van der Waals surface area contributed by atoms with E-state index in [-0.39, 0.29) is 0 Å². The molecule has 5 aromatic carbocycles. The van der Waals surface area contributed by atoms with E-state index in [1.807, 2.05) is 19.2 Å². The van der Waals surface area contributed by atoms with Gasteiger partial charge in [-0.05, 0) is 81.9 Å². The molecule has 6 aromatic rings. The highest BCUT2D eigenvalue weighted by molar-refractivity contribution is 6.11. The first kappa shape index (κ1) is 22.6. The van der Waals surface area contributed by atoms with Crippen LogP contribution in [0.25, 0.3) is 61.9 Å². The highest BCUT2D eigenvalue weighted by Gasteiger charge is 2.14. The van der Waals surface area contributed by atoms with Crippen molar-refractivity contribution >= 4 is 39.6 Å². The van der Waals surface area contributed by atoms with Gasteiger partial charge >= 0.3 is 0 Å². The molecule has 178 valence electrons. The molecule has 1 heterocycles. The maximum atomic E-state index is 3.91. The normalized spacial score (nSPS) is 11.1. The maximum absolute atomic E-state index is 3.91. The first-order valence-corrected chi connectivity index (χ1v) is 12.5. The van der Waals surface area contributed by atoms with Gasteiger partial charge < -0.3 is 9.88 Å². The lowest BCUT2D eigenvalue weighted by molar-refractivity contribution is 1.18. The van der Waals surface area contributed by atoms with Gasteiger partial charge in [0.15, 0.2) is 0 Å². The van der Waals surface area contributed by atoms with Crippen molar-refractivity contribution in [3.05, 3.63) is 133 Å². The Balaban J connectivity index is 1.59. The fraction of sp³-hybridized carbons (Fsp3) is 0.0286. The lowest BCUT2D eigenvalue weighted by Gasteiger charge is -2.09. The molecule has 37 heavy (non-hydrogen) atoms. The van der Waals surface area contributed by atoms with E-state index >= 15 is 0 Å². The predicted octanol–water partition coefficient (Wildman–Crippen LogP) is 9.45. The molecule has 6 rings (SSSR count). The van der Waals surface area contributed by atoms with E-state index in [4.69, 9.17) is 0 Å². The summed E-state index contributed by atoms with van der Waals surface area (Å²) in [6, 6.07) is 39.3. The van der Waals surface area contributed by atoms with Crippen LogP contribution in [0.5, 0.6) is 0 Å². The number of anilines is 1. The van der Waals surface area contributed by atoms with E-state index in [0.29, 0.717) is 0 Å². The standard InChI is InChI=1S/C35H28N2/c1-4-24-6-10-26(11-7-24)28-14-20-34-32(22-28)33-23-29(27-12-16-30(36-3)17-13-27)15-21-35(33)37(34)31-18-8-25(5-2)9-19-31/h4-23,36H,1-2H2,3H3. The third kappa shape index (κ3) is 4.03. The fourth-order valence-electron chi connectivity index (χ4n) is 5.06. The van der Waals surface area contributed by atoms with Crippen molar-refractivity contribution < 1.29 is 0 Å². The molecule has 0 aliphatic heterocycles. The highest BCUT2D eigenvalue weighted by atomic mass is 15.0. The monoisotopic (exact) mass is 476 g/mol. The summed E-state index contributed by atoms with van der Waals surface area (Å²) in [6.07, 6.45) is 3.76. The molecule has 0 fully saturated rings. The molecule has 2 heteroatoms. The Morgan fingerprint density at radius 1 is 0.541 bits per heavy atom. The second kappa shape index (κ2) is 9.33. The van der Waals surface area contributed by atoms with Crippen LogP contribution in [-0.2, 0) is 0 Å². The summed E-state index contributed by atoms with van der Waals surface area (Å²) in [6.45, 7) is 7.79. The van der Waals surface area contributed by atoms with Crippen molar-refractivity contribution in [1.82, 2.24) is 4.57 Å². The van der Waals surface area contributed by atoms with Crippen molar-refractivity contribution in [3.63, 3.8) is 0 Å². The van der Waals surface area contributed by atoms with E-state index in [1.54, 1.807) is 0 Å². The van der Waals surface area contributed by atoms with E-state index in [2.05, 4.69) is 132 Å². The van der Waals surface area contributed by atoms with Gasteiger partial charge in [-0.3, -0.25) is 0 Å². The third-order valence-corrected chi connectivity index (χ3v) is 7.14. The number of hydrogen-bond donors (Lipinski definition) is 1. The summed E-state index contributed by atoms with van der Waals surface area (Å²) < 4.78 is 2.36. The van der Waals surface area contributed by atoms with Gasteiger partial charge in [0.1, 0.15) is 0 Å². The van der Waals surface area contributed by atoms with Crippen LogP contribution in [0.2, 0.25) is 0 Å². The van der Waals surface area contributed by atoms with Crippen molar-refractivity contribution in [2.45, 2.75) is 0 Å². The number of nitrogens with one attached hydrogen (secondary N) is 1. The molecular formula is C35H28N2. The molecule has 0 spiro atoms. The quantitative estimate of drug-likeness (QED) is 0.253. The van der Waals surface area contributed by atoms with Crippen LogP contribution in [0.1, 0.15) is 11.1 Å². The first-order chi connectivity index (χ1) is 18.2. The maximum Gasteiger partial charge on any atom is 0.0541 e. The molecule has 0 aliphatic rings. The number of benzene rings is 5. The zero-order chi connectivity index (χ0) is 25.4. The topological polar surface area (TPSA) is 17.0 Å². The average Bonchev–Trinajstić information content (AvgIpc) is 3.30. The van der Waals surface area contributed by atoms with E-state index in [0.717, 1.165) is 22.5 Å². The van der Waals surface area contributed by atoms with E-state index < -0.39 is 0 Å². The Labute approximate surface area is 217 Å². The van der Waals surface area contributed by atoms with Crippen LogP contribution in [0, 0.1) is 0 Å². The summed E-state index contributed by atoms with van der Waals surface area (Å²) in [4.78, 5) is 0. The van der Waals surface area contributed by atoms with Crippen LogP contribution in [0.15, 0.2) is 122 Å². The number of hydrogen-bond acceptors (Lipinski definition) is 1. The molecule has 2 nitrogen and oxygen atoms in total.